The summed E-state index contributed by atoms with van der Waals surface area (Å²) in [6.07, 6.45) is -0.720. The first kappa shape index (κ1) is 17.3. The lowest BCUT2D eigenvalue weighted by Crippen LogP contribution is -2.37. The molecule has 0 aliphatic rings. The molecular weight excluding hydrogens is 306 g/mol. The smallest absolute Gasteiger partial charge is 0.261 e. The summed E-state index contributed by atoms with van der Waals surface area (Å²) in [5, 5.41) is 11.5. The van der Waals surface area contributed by atoms with Crippen LogP contribution in [-0.4, -0.2) is 17.0 Å². The molecule has 24 heavy (non-hydrogen) atoms. The average molecular weight is 325 g/mol. The molecule has 0 aliphatic heterocycles. The Morgan fingerprint density at radius 2 is 2.00 bits per heavy atom. The van der Waals surface area contributed by atoms with Crippen molar-refractivity contribution in [1.82, 2.24) is 10.3 Å². The van der Waals surface area contributed by atoms with Gasteiger partial charge >= 0.3 is 0 Å². The number of aromatic nitrogens is 1. The summed E-state index contributed by atoms with van der Waals surface area (Å²) < 4.78 is 5.54. The number of carbonyl (C=O) groups is 1. The van der Waals surface area contributed by atoms with Crippen LogP contribution in [0.15, 0.2) is 35.1 Å². The van der Waals surface area contributed by atoms with Gasteiger partial charge in [-0.3, -0.25) is 9.59 Å². The molecule has 0 radical (unpaired) electrons. The second-order valence-electron chi connectivity index (χ2n) is 5.56. The lowest BCUT2D eigenvalue weighted by atomic mass is 10.1. The van der Waals surface area contributed by atoms with Crippen LogP contribution in [-0.2, 0) is 11.3 Å². The number of hydrogen-bond acceptors (Lipinski definition) is 4. The van der Waals surface area contributed by atoms with Gasteiger partial charge in [-0.05, 0) is 56.7 Å². The van der Waals surface area contributed by atoms with Gasteiger partial charge in [-0.25, -0.2) is 0 Å². The maximum Gasteiger partial charge on any atom is 0.261 e. The summed E-state index contributed by atoms with van der Waals surface area (Å²) in [7, 11) is 0. The maximum absolute atomic E-state index is 12.1. The van der Waals surface area contributed by atoms with Crippen LogP contribution < -0.4 is 15.6 Å². The first-order valence-electron chi connectivity index (χ1n) is 7.54. The number of ether oxygens (including phenoxy) is 1. The highest BCUT2D eigenvalue weighted by molar-refractivity contribution is 5.80. The molecular formula is C18H19N3O3. The minimum absolute atomic E-state index is 0.140. The number of carbonyl (C=O) groups excluding carboxylic acids is 1. The highest BCUT2D eigenvalue weighted by atomic mass is 16.5. The second kappa shape index (κ2) is 7.47. The Balaban J connectivity index is 1.97. The predicted molar refractivity (Wildman–Crippen MR) is 89.6 cm³/mol. The molecule has 0 saturated heterocycles. The van der Waals surface area contributed by atoms with Crippen molar-refractivity contribution in [3.8, 4) is 11.8 Å². The van der Waals surface area contributed by atoms with Crippen LogP contribution in [0.25, 0.3) is 0 Å². The summed E-state index contributed by atoms with van der Waals surface area (Å²) in [6.45, 7) is 5.41. The van der Waals surface area contributed by atoms with E-state index in [9.17, 15) is 9.59 Å². The van der Waals surface area contributed by atoms with Crippen molar-refractivity contribution in [3.63, 3.8) is 0 Å². The summed E-state index contributed by atoms with van der Waals surface area (Å²) >= 11 is 0. The molecule has 0 unspecified atom stereocenters. The van der Waals surface area contributed by atoms with Gasteiger partial charge in [-0.1, -0.05) is 0 Å². The maximum atomic E-state index is 12.1. The number of H-pyrrole nitrogens is 1. The third-order valence-corrected chi connectivity index (χ3v) is 3.60. The van der Waals surface area contributed by atoms with Gasteiger partial charge in [0.1, 0.15) is 5.75 Å². The third-order valence-electron chi connectivity index (χ3n) is 3.60. The van der Waals surface area contributed by atoms with Gasteiger partial charge in [-0.2, -0.15) is 5.26 Å². The highest BCUT2D eigenvalue weighted by Gasteiger charge is 2.15. The van der Waals surface area contributed by atoms with Gasteiger partial charge in [0.25, 0.3) is 11.5 Å². The molecule has 1 heterocycles. The molecule has 2 rings (SSSR count). The number of aromatic amines is 1. The molecule has 0 fully saturated rings. The normalized spacial score (nSPS) is 11.4. The molecule has 6 nitrogen and oxygen atoms in total. The van der Waals surface area contributed by atoms with E-state index >= 15 is 0 Å². The van der Waals surface area contributed by atoms with Crippen LogP contribution in [0.5, 0.6) is 5.75 Å². The summed E-state index contributed by atoms with van der Waals surface area (Å²) in [4.78, 5) is 26.8. The molecule has 0 spiro atoms. The molecule has 0 aliphatic carbocycles. The topological polar surface area (TPSA) is 95.0 Å². The number of nitrogens with zero attached hydrogens (tertiary/aromatic N) is 1. The van der Waals surface area contributed by atoms with Gasteiger partial charge in [-0.15, -0.1) is 0 Å². The van der Waals surface area contributed by atoms with E-state index in [0.29, 0.717) is 16.9 Å². The Labute approximate surface area is 140 Å². The van der Waals surface area contributed by atoms with Gasteiger partial charge in [0.05, 0.1) is 11.6 Å². The molecule has 1 aromatic carbocycles. The van der Waals surface area contributed by atoms with Crippen molar-refractivity contribution in [2.45, 2.75) is 33.4 Å². The summed E-state index contributed by atoms with van der Waals surface area (Å²) in [6, 6.07) is 10.4. The average Bonchev–Trinajstić information content (AvgIpc) is 2.54. The molecule has 6 heteroatoms. The van der Waals surface area contributed by atoms with Crippen molar-refractivity contribution in [2.75, 3.05) is 0 Å². The largest absolute Gasteiger partial charge is 0.481 e. The number of nitrogens with one attached hydrogen (secondary N) is 2. The third kappa shape index (κ3) is 4.23. The molecule has 0 bridgehead atoms. The van der Waals surface area contributed by atoms with E-state index < -0.39 is 6.10 Å². The van der Waals surface area contributed by atoms with Crippen LogP contribution >= 0.6 is 0 Å². The van der Waals surface area contributed by atoms with E-state index in [4.69, 9.17) is 10.00 Å². The summed E-state index contributed by atoms with van der Waals surface area (Å²) in [5.41, 5.74) is 2.46. The highest BCUT2D eigenvalue weighted by Crippen LogP contribution is 2.13. The Kier molecular flexibility index (Phi) is 5.38. The second-order valence-corrected chi connectivity index (χ2v) is 5.56. The van der Waals surface area contributed by atoms with E-state index in [1.54, 1.807) is 31.2 Å². The van der Waals surface area contributed by atoms with Crippen LogP contribution in [0.2, 0.25) is 0 Å². The van der Waals surface area contributed by atoms with Crippen LogP contribution in [0, 0.1) is 25.2 Å². The molecule has 124 valence electrons. The fourth-order valence-corrected chi connectivity index (χ4v) is 2.29. The zero-order valence-corrected chi connectivity index (χ0v) is 13.8. The van der Waals surface area contributed by atoms with E-state index in [2.05, 4.69) is 10.3 Å². The van der Waals surface area contributed by atoms with E-state index in [1.807, 2.05) is 26.0 Å². The number of benzene rings is 1. The van der Waals surface area contributed by atoms with E-state index in [0.717, 1.165) is 11.3 Å². The minimum Gasteiger partial charge on any atom is -0.481 e. The molecule has 1 amide bonds. The summed E-state index contributed by atoms with van der Waals surface area (Å²) in [5.74, 6) is 0.180. The van der Waals surface area contributed by atoms with Crippen LogP contribution in [0.4, 0.5) is 0 Å². The lowest BCUT2D eigenvalue weighted by Gasteiger charge is -2.15. The zero-order chi connectivity index (χ0) is 17.7. The van der Waals surface area contributed by atoms with E-state index in [-0.39, 0.29) is 18.0 Å². The van der Waals surface area contributed by atoms with Crippen LogP contribution in [0.3, 0.4) is 0 Å². The Hall–Kier alpha value is -3.07. The molecule has 1 aromatic heterocycles. The fourth-order valence-electron chi connectivity index (χ4n) is 2.29. The Morgan fingerprint density at radius 1 is 1.33 bits per heavy atom. The van der Waals surface area contributed by atoms with Crippen molar-refractivity contribution >= 4 is 5.91 Å². The number of amides is 1. The first-order valence-corrected chi connectivity index (χ1v) is 7.54. The van der Waals surface area contributed by atoms with Crippen molar-refractivity contribution in [1.29, 1.82) is 5.26 Å². The molecule has 2 aromatic rings. The quantitative estimate of drug-likeness (QED) is 0.878. The van der Waals surface area contributed by atoms with E-state index in [1.165, 1.54) is 0 Å². The zero-order valence-electron chi connectivity index (χ0n) is 13.8. The SMILES string of the molecule is Cc1cc(C)c(CNC(=O)[C@@H](C)Oc2ccc(C#N)cc2)c(=O)[nH]1. The number of rotatable bonds is 5. The molecule has 2 N–H and O–H groups in total. The Morgan fingerprint density at radius 3 is 2.58 bits per heavy atom. The first-order chi connectivity index (χ1) is 11.4. The number of pyridine rings is 1. The molecule has 1 atom stereocenters. The predicted octanol–water partition coefficient (Wildman–Crippen LogP) is 1.95. The standard InChI is InChI=1S/C18H19N3O3/c1-11-8-12(2)21-18(23)16(11)10-20-17(22)13(3)24-15-6-4-14(9-19)5-7-15/h4-8,13H,10H2,1-3H3,(H,20,22)(H,21,23)/t13-/m1/s1. The van der Waals surface area contributed by atoms with Crippen molar-refractivity contribution < 1.29 is 9.53 Å². The number of nitriles is 1. The Bertz CT molecular complexity index is 832. The number of hydrogen-bond donors (Lipinski definition) is 2. The fraction of sp³-hybridized carbons (Fsp3) is 0.278. The van der Waals surface area contributed by atoms with Crippen molar-refractivity contribution in [2.24, 2.45) is 0 Å². The lowest BCUT2D eigenvalue weighted by molar-refractivity contribution is -0.127. The van der Waals surface area contributed by atoms with Crippen LogP contribution in [0.1, 0.15) is 29.3 Å². The monoisotopic (exact) mass is 325 g/mol. The van der Waals surface area contributed by atoms with Crippen molar-refractivity contribution in [3.05, 3.63) is 63.1 Å². The van der Waals surface area contributed by atoms with Gasteiger partial charge in [0.15, 0.2) is 6.10 Å². The van der Waals surface area contributed by atoms with Gasteiger partial charge < -0.3 is 15.0 Å². The van der Waals surface area contributed by atoms with Gasteiger partial charge in [0, 0.05) is 17.8 Å². The number of aryl methyl sites for hydroxylation is 2. The minimum atomic E-state index is -0.720. The van der Waals surface area contributed by atoms with Gasteiger partial charge in [0.2, 0.25) is 0 Å². The molecule has 0 saturated carbocycles.